The van der Waals surface area contributed by atoms with Gasteiger partial charge in [0.2, 0.25) is 0 Å². The van der Waals surface area contributed by atoms with Gasteiger partial charge in [-0.3, -0.25) is 9.78 Å². The number of hydrogen-bond acceptors (Lipinski definition) is 5. The van der Waals surface area contributed by atoms with Gasteiger partial charge in [-0.05, 0) is 62.7 Å². The highest BCUT2D eigenvalue weighted by Crippen LogP contribution is 2.24. The van der Waals surface area contributed by atoms with E-state index in [2.05, 4.69) is 83.8 Å². The summed E-state index contributed by atoms with van der Waals surface area (Å²) in [5.41, 5.74) is 6.20. The summed E-state index contributed by atoms with van der Waals surface area (Å²) in [6, 6.07) is 12.6. The molecule has 0 atom stereocenters. The third-order valence-corrected chi connectivity index (χ3v) is 5.25. The molecule has 0 fully saturated rings. The van der Waals surface area contributed by atoms with E-state index in [-0.39, 0.29) is 0 Å². The molecule has 0 saturated heterocycles. The van der Waals surface area contributed by atoms with E-state index in [0.717, 1.165) is 61.3 Å². The summed E-state index contributed by atoms with van der Waals surface area (Å²) >= 11 is 0. The fourth-order valence-corrected chi connectivity index (χ4v) is 3.48. The smallest absolute Gasteiger partial charge is 0.147 e. The van der Waals surface area contributed by atoms with E-state index in [1.165, 1.54) is 11.3 Å². The summed E-state index contributed by atoms with van der Waals surface area (Å²) in [4.78, 5) is 17.8. The van der Waals surface area contributed by atoms with Crippen molar-refractivity contribution in [2.75, 3.05) is 31.6 Å². The van der Waals surface area contributed by atoms with Crippen LogP contribution in [-0.2, 0) is 4.79 Å². The van der Waals surface area contributed by atoms with Gasteiger partial charge >= 0.3 is 0 Å². The van der Waals surface area contributed by atoms with Crippen LogP contribution in [0.2, 0.25) is 0 Å². The van der Waals surface area contributed by atoms with Crippen molar-refractivity contribution in [3.63, 3.8) is 0 Å². The molecule has 2 aromatic rings. The monoisotopic (exact) mass is 476 g/mol. The summed E-state index contributed by atoms with van der Waals surface area (Å²) in [6.07, 6.45) is 13.6. The topological polar surface area (TPSA) is 57.3 Å². The van der Waals surface area contributed by atoms with Crippen LogP contribution in [0.3, 0.4) is 0 Å². The maximum Gasteiger partial charge on any atom is 0.147 e. The first-order valence-corrected chi connectivity index (χ1v) is 12.9. The van der Waals surface area contributed by atoms with Gasteiger partial charge < -0.3 is 15.5 Å². The molecule has 0 unspecified atom stereocenters. The second-order valence-electron chi connectivity index (χ2n) is 7.86. The average Bonchev–Trinajstić information content (AvgIpc) is 2.93. The average molecular weight is 477 g/mol. The molecule has 35 heavy (non-hydrogen) atoms. The van der Waals surface area contributed by atoms with Crippen LogP contribution in [-0.4, -0.2) is 38.0 Å². The van der Waals surface area contributed by atoms with Gasteiger partial charge in [0, 0.05) is 48.0 Å². The Balaban J connectivity index is 0.000000926. The number of aromatic nitrogens is 1. The molecule has 0 aliphatic carbocycles. The first-order valence-electron chi connectivity index (χ1n) is 12.9. The number of benzene rings is 1. The zero-order valence-electron chi connectivity index (χ0n) is 22.5. The quantitative estimate of drug-likeness (QED) is 0.381. The van der Waals surface area contributed by atoms with Crippen LogP contribution in [0.15, 0.2) is 60.4 Å². The highest BCUT2D eigenvalue weighted by atomic mass is 16.1. The summed E-state index contributed by atoms with van der Waals surface area (Å²) in [7, 11) is 1.93. The van der Waals surface area contributed by atoms with Gasteiger partial charge in [-0.15, -0.1) is 0 Å². The van der Waals surface area contributed by atoms with Crippen LogP contribution in [0.1, 0.15) is 70.7 Å². The third-order valence-electron chi connectivity index (χ3n) is 5.25. The number of anilines is 1. The minimum Gasteiger partial charge on any atom is -0.371 e. The van der Waals surface area contributed by atoms with Crippen LogP contribution in [0, 0.1) is 0 Å². The largest absolute Gasteiger partial charge is 0.371 e. The molecule has 0 bridgehead atoms. The molecule has 2 heterocycles. The number of carbonyl (C=O) groups excluding carboxylic acids is 1. The van der Waals surface area contributed by atoms with Gasteiger partial charge in [0.05, 0.1) is 5.69 Å². The Kier molecular flexibility index (Phi) is 15.5. The number of hydrogen-bond donors (Lipinski definition) is 2. The molecular weight excluding hydrogens is 432 g/mol. The van der Waals surface area contributed by atoms with Crippen molar-refractivity contribution in [1.29, 1.82) is 0 Å². The molecular formula is C30H44N4O. The minimum atomic E-state index is 0.650. The maximum absolute atomic E-state index is 10.9. The van der Waals surface area contributed by atoms with E-state index >= 15 is 0 Å². The van der Waals surface area contributed by atoms with Crippen molar-refractivity contribution in [1.82, 2.24) is 15.6 Å². The predicted octanol–water partition coefficient (Wildman–Crippen LogP) is 6.55. The number of para-hydroxylation sites is 1. The van der Waals surface area contributed by atoms with E-state index in [1.807, 2.05) is 39.2 Å². The van der Waals surface area contributed by atoms with Gasteiger partial charge in [0.1, 0.15) is 6.29 Å². The summed E-state index contributed by atoms with van der Waals surface area (Å²) in [5, 5.41) is 6.13. The molecule has 5 heteroatoms. The van der Waals surface area contributed by atoms with Crippen molar-refractivity contribution < 1.29 is 4.79 Å². The predicted molar refractivity (Wildman–Crippen MR) is 153 cm³/mol. The van der Waals surface area contributed by atoms with Gasteiger partial charge in [-0.25, -0.2) is 0 Å². The van der Waals surface area contributed by atoms with Crippen molar-refractivity contribution in [2.24, 2.45) is 0 Å². The lowest BCUT2D eigenvalue weighted by Gasteiger charge is -2.25. The number of nitrogens with zero attached hydrogens (tertiary/aromatic N) is 2. The van der Waals surface area contributed by atoms with Gasteiger partial charge in [0.15, 0.2) is 0 Å². The Bertz CT molecular complexity index is 954. The molecule has 0 radical (unpaired) electrons. The van der Waals surface area contributed by atoms with Crippen molar-refractivity contribution in [3.8, 4) is 0 Å². The lowest BCUT2D eigenvalue weighted by Crippen LogP contribution is -2.25. The molecule has 1 aromatic heterocycles. The molecule has 0 spiro atoms. The van der Waals surface area contributed by atoms with Crippen LogP contribution in [0.25, 0.3) is 17.8 Å². The van der Waals surface area contributed by atoms with Crippen molar-refractivity contribution in [3.05, 3.63) is 77.3 Å². The van der Waals surface area contributed by atoms with E-state index in [4.69, 9.17) is 0 Å². The lowest BCUT2D eigenvalue weighted by atomic mass is 10.1. The zero-order chi connectivity index (χ0) is 25.9. The fourth-order valence-electron chi connectivity index (χ4n) is 3.48. The first-order chi connectivity index (χ1) is 17.2. The lowest BCUT2D eigenvalue weighted by molar-refractivity contribution is -0.105. The summed E-state index contributed by atoms with van der Waals surface area (Å²) < 4.78 is 0. The highest BCUT2D eigenvalue weighted by Gasteiger charge is 2.09. The highest BCUT2D eigenvalue weighted by molar-refractivity contribution is 5.79. The third kappa shape index (κ3) is 10.3. The van der Waals surface area contributed by atoms with E-state index in [0.29, 0.717) is 6.42 Å². The number of allylic oxidation sites excluding steroid dienone is 2. The number of nitrogens with one attached hydrogen (secondary N) is 2. The number of carbonyl (C=O) groups is 1. The Hall–Kier alpha value is -3.18. The molecule has 5 nitrogen and oxygen atoms in total. The van der Waals surface area contributed by atoms with Crippen LogP contribution >= 0.6 is 0 Å². The first kappa shape index (κ1) is 29.9. The zero-order valence-corrected chi connectivity index (χ0v) is 22.5. The number of rotatable bonds is 10. The SMILES string of the molecule is CC.CCCN(CCC)c1ccccc1/C=C/c1cc(C2=CCC(C=O)=CN2)ccn1.CCNC. The second-order valence-corrected chi connectivity index (χ2v) is 7.86. The fraction of sp³-hybridized carbons (Fsp3) is 0.400. The van der Waals surface area contributed by atoms with Gasteiger partial charge in [-0.2, -0.15) is 0 Å². The Morgan fingerprint density at radius 2 is 1.74 bits per heavy atom. The van der Waals surface area contributed by atoms with Crippen LogP contribution in [0.5, 0.6) is 0 Å². The van der Waals surface area contributed by atoms with Gasteiger partial charge in [0.25, 0.3) is 0 Å². The second kappa shape index (κ2) is 18.2. The molecule has 2 N–H and O–H groups in total. The maximum atomic E-state index is 10.9. The number of pyridine rings is 1. The molecule has 0 amide bonds. The van der Waals surface area contributed by atoms with Crippen LogP contribution < -0.4 is 15.5 Å². The Morgan fingerprint density at radius 3 is 2.31 bits per heavy atom. The van der Waals surface area contributed by atoms with Crippen LogP contribution in [0.4, 0.5) is 5.69 Å². The standard InChI is InChI=1S/C25H29N3O.C3H9N.C2H6/c1-3-15-28(16-4-2)25-8-6-5-7-21(25)10-11-23-17-22(13-14-26-23)24-12-9-20(19-29)18-27-24;1-3-4-2;1-2/h5-8,10-14,17-19,27H,3-4,9,15-16H2,1-2H3;4H,3H2,1-2H3;1-2H3/b11-10+;;. The van der Waals surface area contributed by atoms with Crippen molar-refractivity contribution >= 4 is 29.8 Å². The summed E-state index contributed by atoms with van der Waals surface area (Å²) in [6.45, 7) is 13.7. The van der Waals surface area contributed by atoms with E-state index in [1.54, 1.807) is 6.20 Å². The molecule has 190 valence electrons. The molecule has 1 aliphatic heterocycles. The normalized spacial score (nSPS) is 12.3. The number of aldehydes is 1. The Morgan fingerprint density at radius 1 is 1.06 bits per heavy atom. The molecule has 3 rings (SSSR count). The van der Waals surface area contributed by atoms with E-state index in [9.17, 15) is 4.79 Å². The minimum absolute atomic E-state index is 0.650. The molecule has 1 aromatic carbocycles. The van der Waals surface area contributed by atoms with Gasteiger partial charge in [-0.1, -0.05) is 65.0 Å². The Labute approximate surface area is 213 Å². The molecule has 1 aliphatic rings. The van der Waals surface area contributed by atoms with E-state index < -0.39 is 0 Å². The summed E-state index contributed by atoms with van der Waals surface area (Å²) in [5.74, 6) is 0. The number of dihydropyridines is 1. The molecule has 0 saturated carbocycles. The van der Waals surface area contributed by atoms with Crippen molar-refractivity contribution in [2.45, 2.75) is 53.9 Å².